The summed E-state index contributed by atoms with van der Waals surface area (Å²) >= 11 is 1.71. The summed E-state index contributed by atoms with van der Waals surface area (Å²) in [6, 6.07) is 0.453. The number of nitrogens with one attached hydrogen (secondary N) is 1. The van der Waals surface area contributed by atoms with Gasteiger partial charge in [0.2, 0.25) is 0 Å². The number of nitrogens with zero attached hydrogens (tertiary/aromatic N) is 1. The second-order valence-corrected chi connectivity index (χ2v) is 4.61. The van der Waals surface area contributed by atoms with Crippen LogP contribution in [0.25, 0.3) is 0 Å². The van der Waals surface area contributed by atoms with Gasteiger partial charge < -0.3 is 0 Å². The summed E-state index contributed by atoms with van der Waals surface area (Å²) in [5.41, 5.74) is 4.80. The topological polar surface area (TPSA) is 50.9 Å². The number of rotatable bonds is 4. The Hall–Kier alpha value is -0.450. The third-order valence-electron chi connectivity index (χ3n) is 2.84. The van der Waals surface area contributed by atoms with Gasteiger partial charge in [-0.25, -0.2) is 0 Å². The average Bonchev–Trinajstić information content (AvgIpc) is 2.52. The Morgan fingerprint density at radius 2 is 2.54 bits per heavy atom. The first-order chi connectivity index (χ1) is 6.40. The lowest BCUT2D eigenvalue weighted by Gasteiger charge is -2.32. The van der Waals surface area contributed by atoms with Gasteiger partial charge in [0.15, 0.2) is 0 Å². The minimum Gasteiger partial charge on any atom is -0.271 e. The molecule has 0 amide bonds. The zero-order valence-corrected chi connectivity index (χ0v) is 8.39. The van der Waals surface area contributed by atoms with E-state index in [1.54, 1.807) is 11.3 Å². The molecule has 1 aliphatic rings. The van der Waals surface area contributed by atoms with E-state index >= 15 is 0 Å². The molecule has 13 heavy (non-hydrogen) atoms. The smallest absolute Gasteiger partial charge is 0.0794 e. The van der Waals surface area contributed by atoms with Crippen molar-refractivity contribution in [3.8, 4) is 0 Å². The van der Waals surface area contributed by atoms with Gasteiger partial charge in [-0.05, 0) is 18.8 Å². The first-order valence-electron chi connectivity index (χ1n) is 4.73. The van der Waals surface area contributed by atoms with E-state index in [1.165, 1.54) is 24.1 Å². The molecule has 0 bridgehead atoms. The second kappa shape index (κ2) is 4.17. The molecule has 4 heteroatoms. The van der Waals surface area contributed by atoms with Crippen LogP contribution in [0, 0.1) is 5.92 Å². The summed E-state index contributed by atoms with van der Waals surface area (Å²) in [5.74, 6) is 6.32. The van der Waals surface area contributed by atoms with E-state index in [2.05, 4.69) is 10.4 Å². The molecule has 0 aromatic carbocycles. The Morgan fingerprint density at radius 3 is 3.00 bits per heavy atom. The Bertz CT molecular complexity index is 243. The summed E-state index contributed by atoms with van der Waals surface area (Å²) < 4.78 is 0. The van der Waals surface area contributed by atoms with Gasteiger partial charge in [0.25, 0.3) is 0 Å². The third-order valence-corrected chi connectivity index (χ3v) is 3.64. The van der Waals surface area contributed by atoms with Crippen molar-refractivity contribution in [2.45, 2.75) is 31.7 Å². The molecule has 72 valence electrons. The first-order valence-corrected chi connectivity index (χ1v) is 5.61. The first kappa shape index (κ1) is 9.12. The van der Waals surface area contributed by atoms with Gasteiger partial charge in [-0.1, -0.05) is 6.42 Å². The van der Waals surface area contributed by atoms with Crippen molar-refractivity contribution in [1.82, 2.24) is 10.4 Å². The highest BCUT2D eigenvalue weighted by Crippen LogP contribution is 2.31. The van der Waals surface area contributed by atoms with Crippen molar-refractivity contribution in [2.75, 3.05) is 0 Å². The van der Waals surface area contributed by atoms with Crippen LogP contribution in [0.2, 0.25) is 0 Å². The van der Waals surface area contributed by atoms with Crippen LogP contribution in [0.15, 0.2) is 11.7 Å². The van der Waals surface area contributed by atoms with Gasteiger partial charge >= 0.3 is 0 Å². The predicted molar refractivity (Wildman–Crippen MR) is 54.3 cm³/mol. The monoisotopic (exact) mass is 197 g/mol. The molecule has 3 nitrogen and oxygen atoms in total. The lowest BCUT2D eigenvalue weighted by Crippen LogP contribution is -2.44. The number of hydrogen-bond donors (Lipinski definition) is 2. The fourth-order valence-electron chi connectivity index (χ4n) is 1.76. The molecule has 1 aromatic rings. The Balaban J connectivity index is 1.90. The molecule has 3 N–H and O–H groups in total. The number of hydrazine groups is 1. The number of aromatic nitrogens is 1. The van der Waals surface area contributed by atoms with Gasteiger partial charge in [0, 0.05) is 23.5 Å². The van der Waals surface area contributed by atoms with Crippen molar-refractivity contribution in [2.24, 2.45) is 11.8 Å². The molecule has 1 atom stereocenters. The normalized spacial score (nSPS) is 19.8. The Kier molecular flexibility index (Phi) is 2.93. The number of nitrogens with two attached hydrogens (primary N) is 1. The number of hydrogen-bond acceptors (Lipinski definition) is 4. The minimum atomic E-state index is 0.453. The van der Waals surface area contributed by atoms with Crippen LogP contribution >= 0.6 is 11.3 Å². The lowest BCUT2D eigenvalue weighted by atomic mass is 9.79. The van der Waals surface area contributed by atoms with E-state index < -0.39 is 0 Å². The van der Waals surface area contributed by atoms with Gasteiger partial charge in [-0.2, -0.15) is 0 Å². The van der Waals surface area contributed by atoms with Crippen molar-refractivity contribution < 1.29 is 0 Å². The predicted octanol–water partition coefficient (Wildman–Crippen LogP) is 1.32. The van der Waals surface area contributed by atoms with Crippen molar-refractivity contribution in [3.05, 3.63) is 16.6 Å². The van der Waals surface area contributed by atoms with Crippen LogP contribution in [0.1, 0.15) is 24.1 Å². The van der Waals surface area contributed by atoms with E-state index in [-0.39, 0.29) is 0 Å². The van der Waals surface area contributed by atoms with E-state index in [4.69, 9.17) is 5.84 Å². The summed E-state index contributed by atoms with van der Waals surface area (Å²) in [6.07, 6.45) is 6.99. The molecule has 1 heterocycles. The molecule has 1 fully saturated rings. The SMILES string of the molecule is NNC(Cc1cncs1)C1CCC1. The van der Waals surface area contributed by atoms with Crippen molar-refractivity contribution >= 4 is 11.3 Å². The van der Waals surface area contributed by atoms with Crippen LogP contribution in [-0.2, 0) is 6.42 Å². The van der Waals surface area contributed by atoms with Crippen LogP contribution in [-0.4, -0.2) is 11.0 Å². The molecular weight excluding hydrogens is 182 g/mol. The summed E-state index contributed by atoms with van der Waals surface area (Å²) in [6.45, 7) is 0. The highest BCUT2D eigenvalue weighted by molar-refractivity contribution is 7.09. The molecule has 1 aromatic heterocycles. The molecule has 2 rings (SSSR count). The van der Waals surface area contributed by atoms with Crippen LogP contribution in [0.5, 0.6) is 0 Å². The van der Waals surface area contributed by atoms with E-state index in [1.807, 2.05) is 11.7 Å². The molecule has 0 aliphatic heterocycles. The summed E-state index contributed by atoms with van der Waals surface area (Å²) in [5, 5.41) is 0. The maximum Gasteiger partial charge on any atom is 0.0794 e. The van der Waals surface area contributed by atoms with E-state index in [9.17, 15) is 0 Å². The summed E-state index contributed by atoms with van der Waals surface area (Å²) in [7, 11) is 0. The molecule has 1 unspecified atom stereocenters. The summed E-state index contributed by atoms with van der Waals surface area (Å²) in [4.78, 5) is 5.39. The van der Waals surface area contributed by atoms with E-state index in [0.717, 1.165) is 12.3 Å². The molecule has 1 aliphatic carbocycles. The zero-order valence-electron chi connectivity index (χ0n) is 7.57. The Morgan fingerprint density at radius 1 is 1.69 bits per heavy atom. The largest absolute Gasteiger partial charge is 0.271 e. The zero-order chi connectivity index (χ0) is 9.10. The number of thiazole rings is 1. The molecule has 0 radical (unpaired) electrons. The highest BCUT2D eigenvalue weighted by atomic mass is 32.1. The highest BCUT2D eigenvalue weighted by Gasteiger charge is 2.26. The molecular formula is C9H15N3S. The van der Waals surface area contributed by atoms with Crippen molar-refractivity contribution in [1.29, 1.82) is 0 Å². The van der Waals surface area contributed by atoms with E-state index in [0.29, 0.717) is 6.04 Å². The van der Waals surface area contributed by atoms with Crippen LogP contribution in [0.4, 0.5) is 0 Å². The van der Waals surface area contributed by atoms with Crippen LogP contribution in [0.3, 0.4) is 0 Å². The lowest BCUT2D eigenvalue weighted by molar-refractivity contribution is 0.229. The fraction of sp³-hybridized carbons (Fsp3) is 0.667. The van der Waals surface area contributed by atoms with Gasteiger partial charge in [0.1, 0.15) is 0 Å². The van der Waals surface area contributed by atoms with Gasteiger partial charge in [-0.15, -0.1) is 11.3 Å². The molecule has 1 saturated carbocycles. The van der Waals surface area contributed by atoms with Gasteiger partial charge in [0.05, 0.1) is 5.51 Å². The standard InChI is InChI=1S/C9H15N3S/c10-12-9(7-2-1-3-7)4-8-5-11-6-13-8/h5-7,9,12H,1-4,10H2. The average molecular weight is 197 g/mol. The van der Waals surface area contributed by atoms with Gasteiger partial charge in [-0.3, -0.25) is 16.3 Å². The quantitative estimate of drug-likeness (QED) is 0.565. The second-order valence-electron chi connectivity index (χ2n) is 3.64. The van der Waals surface area contributed by atoms with Crippen molar-refractivity contribution in [3.63, 3.8) is 0 Å². The molecule has 0 saturated heterocycles. The maximum atomic E-state index is 5.53. The fourth-order valence-corrected chi connectivity index (χ4v) is 2.42. The maximum absolute atomic E-state index is 5.53. The van der Waals surface area contributed by atoms with Crippen LogP contribution < -0.4 is 11.3 Å². The Labute approximate surface area is 82.3 Å². The minimum absolute atomic E-state index is 0.453. The third kappa shape index (κ3) is 2.07. The molecule has 0 spiro atoms.